The van der Waals surface area contributed by atoms with Crippen LogP contribution in [0.25, 0.3) is 0 Å². The smallest absolute Gasteiger partial charge is 0.269 e. The number of nitrogens with zero attached hydrogens (tertiary/aromatic N) is 2. The third kappa shape index (κ3) is 5.77. The van der Waals surface area contributed by atoms with Crippen molar-refractivity contribution < 1.29 is 13.3 Å². The lowest BCUT2D eigenvalue weighted by Gasteiger charge is -2.10. The van der Waals surface area contributed by atoms with E-state index in [0.29, 0.717) is 12.1 Å². The van der Waals surface area contributed by atoms with Gasteiger partial charge in [0.05, 0.1) is 10.7 Å². The number of nitro benzene ring substituents is 1. The van der Waals surface area contributed by atoms with E-state index >= 15 is 0 Å². The van der Waals surface area contributed by atoms with Gasteiger partial charge in [-0.2, -0.15) is 0 Å². The van der Waals surface area contributed by atoms with Gasteiger partial charge in [-0.15, -0.1) is 0 Å². The number of hydrogen-bond acceptors (Lipinski definition) is 5. The summed E-state index contributed by atoms with van der Waals surface area (Å²) in [6.45, 7) is 0.573. The Morgan fingerprint density at radius 2 is 1.84 bits per heavy atom. The van der Waals surface area contributed by atoms with E-state index in [1.807, 2.05) is 0 Å². The number of hydrogen-bond donors (Lipinski definition) is 1. The average Bonchev–Trinajstić information content (AvgIpc) is 2.35. The van der Waals surface area contributed by atoms with E-state index in [2.05, 4.69) is 4.72 Å². The summed E-state index contributed by atoms with van der Waals surface area (Å²) < 4.78 is 25.7. The molecule has 7 nitrogen and oxygen atoms in total. The van der Waals surface area contributed by atoms with Gasteiger partial charge in [-0.25, -0.2) is 13.1 Å². The Labute approximate surface area is 112 Å². The predicted molar refractivity (Wildman–Crippen MR) is 72.3 cm³/mol. The van der Waals surface area contributed by atoms with E-state index in [4.69, 9.17) is 0 Å². The standard InChI is InChI=1S/C11H17N3O4S/c1-13(2)7-8-19(17,18)12-9-10-3-5-11(6-4-10)14(15)16/h3-6,12H,7-9H2,1-2H3. The molecule has 0 aromatic heterocycles. The van der Waals surface area contributed by atoms with E-state index in [1.165, 1.54) is 24.3 Å². The number of nitro groups is 1. The molecule has 8 heteroatoms. The van der Waals surface area contributed by atoms with Crippen molar-refractivity contribution >= 4 is 15.7 Å². The zero-order chi connectivity index (χ0) is 14.5. The maximum absolute atomic E-state index is 11.6. The van der Waals surface area contributed by atoms with Crippen LogP contribution in [0.1, 0.15) is 5.56 Å². The van der Waals surface area contributed by atoms with Crippen molar-refractivity contribution in [3.05, 3.63) is 39.9 Å². The van der Waals surface area contributed by atoms with Crippen molar-refractivity contribution in [1.29, 1.82) is 0 Å². The topological polar surface area (TPSA) is 92.6 Å². The maximum Gasteiger partial charge on any atom is 0.269 e. The largest absolute Gasteiger partial charge is 0.308 e. The van der Waals surface area contributed by atoms with Crippen LogP contribution in [0.4, 0.5) is 5.69 Å². The van der Waals surface area contributed by atoms with Crippen LogP contribution in [-0.2, 0) is 16.6 Å². The lowest BCUT2D eigenvalue weighted by molar-refractivity contribution is -0.384. The third-order valence-electron chi connectivity index (χ3n) is 2.45. The fraction of sp³-hybridized carbons (Fsp3) is 0.455. The van der Waals surface area contributed by atoms with Gasteiger partial charge in [0.1, 0.15) is 0 Å². The summed E-state index contributed by atoms with van der Waals surface area (Å²) in [4.78, 5) is 11.8. The van der Waals surface area contributed by atoms with Gasteiger partial charge in [0.15, 0.2) is 0 Å². The number of rotatable bonds is 7. The summed E-state index contributed by atoms with van der Waals surface area (Å²) in [6.07, 6.45) is 0. The highest BCUT2D eigenvalue weighted by Crippen LogP contribution is 2.11. The van der Waals surface area contributed by atoms with Crippen molar-refractivity contribution in [2.24, 2.45) is 0 Å². The Morgan fingerprint density at radius 1 is 1.26 bits per heavy atom. The zero-order valence-corrected chi connectivity index (χ0v) is 11.7. The maximum atomic E-state index is 11.6. The first-order valence-electron chi connectivity index (χ1n) is 5.65. The molecule has 0 aliphatic heterocycles. The monoisotopic (exact) mass is 287 g/mol. The second-order valence-corrected chi connectivity index (χ2v) is 6.29. The van der Waals surface area contributed by atoms with Crippen LogP contribution in [-0.4, -0.2) is 44.6 Å². The molecule has 1 rings (SSSR count). The molecule has 1 aromatic carbocycles. The fourth-order valence-corrected chi connectivity index (χ4v) is 2.44. The molecule has 106 valence electrons. The molecule has 1 aromatic rings. The SMILES string of the molecule is CN(C)CCS(=O)(=O)NCc1ccc([N+](=O)[O-])cc1. The van der Waals surface area contributed by atoms with Crippen LogP contribution >= 0.6 is 0 Å². The van der Waals surface area contributed by atoms with E-state index < -0.39 is 14.9 Å². The van der Waals surface area contributed by atoms with E-state index in [1.54, 1.807) is 19.0 Å². The Hall–Kier alpha value is -1.51. The minimum absolute atomic E-state index is 0.0146. The Kier molecular flexibility index (Phi) is 5.40. The van der Waals surface area contributed by atoms with Crippen LogP contribution in [0.5, 0.6) is 0 Å². The molecule has 0 fully saturated rings. The summed E-state index contributed by atoms with van der Waals surface area (Å²) in [6, 6.07) is 5.77. The predicted octanol–water partition coefficient (Wildman–Crippen LogP) is 0.576. The molecule has 0 heterocycles. The number of nitrogens with one attached hydrogen (secondary N) is 1. The molecule has 0 saturated heterocycles. The van der Waals surface area contributed by atoms with Crippen LogP contribution in [0, 0.1) is 10.1 Å². The third-order valence-corrected chi connectivity index (χ3v) is 3.75. The van der Waals surface area contributed by atoms with Gasteiger partial charge < -0.3 is 4.90 Å². The second-order valence-electron chi connectivity index (χ2n) is 4.37. The van der Waals surface area contributed by atoms with Crippen LogP contribution in [0.3, 0.4) is 0 Å². The number of benzene rings is 1. The lowest BCUT2D eigenvalue weighted by atomic mass is 10.2. The van der Waals surface area contributed by atoms with Gasteiger partial charge in [0, 0.05) is 25.2 Å². The molecule has 19 heavy (non-hydrogen) atoms. The van der Waals surface area contributed by atoms with Crippen molar-refractivity contribution in [1.82, 2.24) is 9.62 Å². The highest BCUT2D eigenvalue weighted by Gasteiger charge is 2.11. The quantitative estimate of drug-likeness (QED) is 0.585. The van der Waals surface area contributed by atoms with Crippen LogP contribution in [0.2, 0.25) is 0 Å². The van der Waals surface area contributed by atoms with Crippen LogP contribution in [0.15, 0.2) is 24.3 Å². The molecule has 0 saturated carbocycles. The molecular weight excluding hydrogens is 270 g/mol. The fourth-order valence-electron chi connectivity index (χ4n) is 1.30. The van der Waals surface area contributed by atoms with Gasteiger partial charge in [0.2, 0.25) is 10.0 Å². The van der Waals surface area contributed by atoms with Crippen molar-refractivity contribution in [3.8, 4) is 0 Å². The lowest BCUT2D eigenvalue weighted by Crippen LogP contribution is -2.31. The van der Waals surface area contributed by atoms with E-state index in [0.717, 1.165) is 0 Å². The minimum Gasteiger partial charge on any atom is -0.308 e. The molecule has 0 bridgehead atoms. The van der Waals surface area contributed by atoms with Crippen molar-refractivity contribution in [3.63, 3.8) is 0 Å². The summed E-state index contributed by atoms with van der Waals surface area (Å²) in [7, 11) is 0.268. The minimum atomic E-state index is -3.33. The van der Waals surface area contributed by atoms with Gasteiger partial charge in [0.25, 0.3) is 5.69 Å². The average molecular weight is 287 g/mol. The van der Waals surface area contributed by atoms with Gasteiger partial charge >= 0.3 is 0 Å². The molecule has 0 atom stereocenters. The first kappa shape index (κ1) is 15.5. The Balaban J connectivity index is 2.54. The van der Waals surface area contributed by atoms with Crippen molar-refractivity contribution in [2.45, 2.75) is 6.54 Å². The van der Waals surface area contributed by atoms with Gasteiger partial charge in [-0.1, -0.05) is 12.1 Å². The van der Waals surface area contributed by atoms with Gasteiger partial charge in [-0.3, -0.25) is 10.1 Å². The number of sulfonamides is 1. The van der Waals surface area contributed by atoms with Gasteiger partial charge in [-0.05, 0) is 19.7 Å². The summed E-state index contributed by atoms with van der Waals surface area (Å²) in [5.41, 5.74) is 0.665. The Morgan fingerprint density at radius 3 is 2.32 bits per heavy atom. The second kappa shape index (κ2) is 6.60. The highest BCUT2D eigenvalue weighted by atomic mass is 32.2. The molecule has 0 radical (unpaired) electrons. The molecular formula is C11H17N3O4S. The molecule has 0 amide bonds. The van der Waals surface area contributed by atoms with Crippen molar-refractivity contribution in [2.75, 3.05) is 26.4 Å². The zero-order valence-electron chi connectivity index (χ0n) is 10.9. The summed E-state index contributed by atoms with van der Waals surface area (Å²) >= 11 is 0. The molecule has 1 N–H and O–H groups in total. The van der Waals surface area contributed by atoms with E-state index in [9.17, 15) is 18.5 Å². The highest BCUT2D eigenvalue weighted by molar-refractivity contribution is 7.89. The number of non-ortho nitro benzene ring substituents is 1. The van der Waals surface area contributed by atoms with Crippen LogP contribution < -0.4 is 4.72 Å². The summed E-state index contributed by atoms with van der Waals surface area (Å²) in [5, 5.41) is 10.5. The first-order valence-corrected chi connectivity index (χ1v) is 7.31. The molecule has 0 unspecified atom stereocenters. The van der Waals surface area contributed by atoms with E-state index in [-0.39, 0.29) is 18.0 Å². The molecule has 0 spiro atoms. The molecule has 0 aliphatic rings. The normalized spacial score (nSPS) is 11.7. The Bertz CT molecular complexity index is 525. The first-order chi connectivity index (χ1) is 8.80. The summed E-state index contributed by atoms with van der Waals surface area (Å²) in [5.74, 6) is 0.0208. The molecule has 0 aliphatic carbocycles.